The highest BCUT2D eigenvalue weighted by Gasteiger charge is 2.41. The number of thiophene rings is 1. The Morgan fingerprint density at radius 1 is 1.19 bits per heavy atom. The second-order valence-electron chi connectivity index (χ2n) is 8.01. The molecule has 1 amide bonds. The van der Waals surface area contributed by atoms with Crippen molar-refractivity contribution in [3.8, 4) is 0 Å². The average molecular weight is 393 g/mol. The highest BCUT2D eigenvalue weighted by atomic mass is 32.1. The minimum Gasteiger partial charge on any atom is -0.381 e. The maximum absolute atomic E-state index is 12.9. The quantitative estimate of drug-likeness (QED) is 0.736. The third-order valence-electron chi connectivity index (χ3n) is 6.01. The van der Waals surface area contributed by atoms with Crippen LogP contribution in [0.3, 0.4) is 0 Å². The van der Waals surface area contributed by atoms with Crippen LogP contribution >= 0.6 is 11.3 Å². The number of piperidine rings is 1. The first-order valence-electron chi connectivity index (χ1n) is 9.89. The van der Waals surface area contributed by atoms with Crippen LogP contribution in [0.25, 0.3) is 0 Å². The van der Waals surface area contributed by atoms with Crippen LogP contribution in [0.4, 0.5) is 0 Å². The van der Waals surface area contributed by atoms with Gasteiger partial charge in [0.15, 0.2) is 5.78 Å². The van der Waals surface area contributed by atoms with E-state index in [0.717, 1.165) is 45.7 Å². The third kappa shape index (κ3) is 4.26. The minimum atomic E-state index is -0.211. The summed E-state index contributed by atoms with van der Waals surface area (Å²) in [6.45, 7) is 8.35. The van der Waals surface area contributed by atoms with Crippen molar-refractivity contribution in [2.75, 3.05) is 52.5 Å². The summed E-state index contributed by atoms with van der Waals surface area (Å²) >= 11 is 1.29. The van der Waals surface area contributed by atoms with E-state index in [2.05, 4.69) is 4.90 Å². The summed E-state index contributed by atoms with van der Waals surface area (Å²) in [5.41, 5.74) is -0.211. The number of nitrogens with zero attached hydrogens (tertiary/aromatic N) is 2. The number of hydrogen-bond donors (Lipinski definition) is 0. The standard InChI is InChI=1S/C20H28N2O4S/c1-15(23)17-2-3-18(27-17)19(24)22-9-11-26-20(14-22)5-7-21(8-6-20)12-16-4-10-25-13-16/h2-3,16H,4-14H2,1H3. The smallest absolute Gasteiger partial charge is 0.264 e. The molecule has 3 fully saturated rings. The molecule has 6 nitrogen and oxygen atoms in total. The maximum atomic E-state index is 12.9. The lowest BCUT2D eigenvalue weighted by Gasteiger charge is -2.47. The number of amides is 1. The van der Waals surface area contributed by atoms with Crippen LogP contribution in [0, 0.1) is 5.92 Å². The van der Waals surface area contributed by atoms with Crippen LogP contribution in [0.1, 0.15) is 45.5 Å². The third-order valence-corrected chi connectivity index (χ3v) is 7.18. The van der Waals surface area contributed by atoms with E-state index in [1.165, 1.54) is 24.7 Å². The Bertz CT molecular complexity index is 690. The number of carbonyl (C=O) groups is 2. The summed E-state index contributed by atoms with van der Waals surface area (Å²) in [7, 11) is 0. The Labute approximate surface area is 164 Å². The zero-order valence-corrected chi connectivity index (χ0v) is 16.8. The first-order chi connectivity index (χ1) is 13.0. The molecule has 1 aromatic heterocycles. The maximum Gasteiger partial charge on any atom is 0.264 e. The summed E-state index contributed by atoms with van der Waals surface area (Å²) in [6, 6.07) is 3.53. The Kier molecular flexibility index (Phi) is 5.64. The predicted molar refractivity (Wildman–Crippen MR) is 104 cm³/mol. The highest BCUT2D eigenvalue weighted by molar-refractivity contribution is 7.15. The van der Waals surface area contributed by atoms with Crippen LogP contribution in [-0.2, 0) is 9.47 Å². The minimum absolute atomic E-state index is 0.0116. The lowest BCUT2D eigenvalue weighted by Crippen LogP contribution is -2.58. The van der Waals surface area contributed by atoms with Crippen molar-refractivity contribution in [3.63, 3.8) is 0 Å². The number of rotatable bonds is 4. The van der Waals surface area contributed by atoms with Gasteiger partial charge in [-0.1, -0.05) is 0 Å². The van der Waals surface area contributed by atoms with E-state index in [1.807, 2.05) is 4.90 Å². The van der Waals surface area contributed by atoms with E-state index >= 15 is 0 Å². The number of Topliss-reactive ketones (excluding diaryl/α,β-unsaturated/α-hetero) is 1. The van der Waals surface area contributed by atoms with E-state index in [4.69, 9.17) is 9.47 Å². The molecule has 3 aliphatic rings. The van der Waals surface area contributed by atoms with E-state index < -0.39 is 0 Å². The molecular weight excluding hydrogens is 364 g/mol. The molecule has 148 valence electrons. The van der Waals surface area contributed by atoms with Gasteiger partial charge in [-0.2, -0.15) is 0 Å². The number of ketones is 1. The number of hydrogen-bond acceptors (Lipinski definition) is 6. The first kappa shape index (κ1) is 19.1. The van der Waals surface area contributed by atoms with Gasteiger partial charge in [-0.05, 0) is 44.2 Å². The molecule has 1 atom stereocenters. The average Bonchev–Trinajstić information content (AvgIpc) is 3.35. The lowest BCUT2D eigenvalue weighted by molar-refractivity contribution is -0.128. The van der Waals surface area contributed by atoms with Gasteiger partial charge in [0.25, 0.3) is 5.91 Å². The largest absolute Gasteiger partial charge is 0.381 e. The van der Waals surface area contributed by atoms with Crippen molar-refractivity contribution in [1.29, 1.82) is 0 Å². The normalized spacial score (nSPS) is 25.8. The summed E-state index contributed by atoms with van der Waals surface area (Å²) in [5.74, 6) is 0.706. The number of likely N-dealkylation sites (tertiary alicyclic amines) is 1. The lowest BCUT2D eigenvalue weighted by atomic mass is 9.88. The monoisotopic (exact) mass is 392 g/mol. The SMILES string of the molecule is CC(=O)c1ccc(C(=O)N2CCOC3(CCN(CC4CCOC4)CC3)C2)s1. The summed E-state index contributed by atoms with van der Waals surface area (Å²) in [5, 5.41) is 0. The molecule has 1 spiro atoms. The first-order valence-corrected chi connectivity index (χ1v) is 10.7. The van der Waals surface area contributed by atoms with Crippen molar-refractivity contribution >= 4 is 23.0 Å². The zero-order valence-electron chi connectivity index (χ0n) is 15.9. The van der Waals surface area contributed by atoms with Crippen molar-refractivity contribution < 1.29 is 19.1 Å². The molecule has 1 aromatic rings. The van der Waals surface area contributed by atoms with Crippen molar-refractivity contribution in [3.05, 3.63) is 21.9 Å². The van der Waals surface area contributed by atoms with Gasteiger partial charge in [-0.3, -0.25) is 9.59 Å². The van der Waals surface area contributed by atoms with E-state index in [9.17, 15) is 9.59 Å². The highest BCUT2D eigenvalue weighted by Crippen LogP contribution is 2.32. The molecule has 0 radical (unpaired) electrons. The Morgan fingerprint density at radius 2 is 1.96 bits per heavy atom. The summed E-state index contributed by atoms with van der Waals surface area (Å²) < 4.78 is 11.7. The van der Waals surface area contributed by atoms with Gasteiger partial charge in [0, 0.05) is 32.8 Å². The molecule has 4 rings (SSSR count). The molecule has 0 aliphatic carbocycles. The van der Waals surface area contributed by atoms with Crippen molar-refractivity contribution in [1.82, 2.24) is 9.80 Å². The van der Waals surface area contributed by atoms with Gasteiger partial charge < -0.3 is 19.3 Å². The van der Waals surface area contributed by atoms with Gasteiger partial charge in [0.1, 0.15) is 0 Å². The fraction of sp³-hybridized carbons (Fsp3) is 0.700. The molecular formula is C20H28N2O4S. The van der Waals surface area contributed by atoms with Crippen LogP contribution in [0.2, 0.25) is 0 Å². The molecule has 0 aromatic carbocycles. The fourth-order valence-electron chi connectivity index (χ4n) is 4.35. The Hall–Kier alpha value is -1.28. The van der Waals surface area contributed by atoms with Gasteiger partial charge >= 0.3 is 0 Å². The number of morpholine rings is 1. The zero-order chi connectivity index (χ0) is 18.9. The number of ether oxygens (including phenoxy) is 2. The van der Waals surface area contributed by atoms with E-state index in [-0.39, 0.29) is 17.3 Å². The van der Waals surface area contributed by atoms with E-state index in [1.54, 1.807) is 12.1 Å². The molecule has 1 unspecified atom stereocenters. The molecule has 0 saturated carbocycles. The van der Waals surface area contributed by atoms with Crippen LogP contribution < -0.4 is 0 Å². The van der Waals surface area contributed by atoms with E-state index in [0.29, 0.717) is 35.4 Å². The van der Waals surface area contributed by atoms with Gasteiger partial charge in [-0.25, -0.2) is 0 Å². The Morgan fingerprint density at radius 3 is 2.63 bits per heavy atom. The van der Waals surface area contributed by atoms with Crippen LogP contribution in [0.5, 0.6) is 0 Å². The van der Waals surface area contributed by atoms with Crippen LogP contribution in [0.15, 0.2) is 12.1 Å². The fourth-order valence-corrected chi connectivity index (χ4v) is 5.22. The van der Waals surface area contributed by atoms with Crippen molar-refractivity contribution in [2.24, 2.45) is 5.92 Å². The second-order valence-corrected chi connectivity index (χ2v) is 9.09. The Balaban J connectivity index is 1.34. The van der Waals surface area contributed by atoms with Gasteiger partial charge in [-0.15, -0.1) is 11.3 Å². The van der Waals surface area contributed by atoms with Gasteiger partial charge in [0.2, 0.25) is 0 Å². The molecule has 4 heterocycles. The molecule has 0 N–H and O–H groups in total. The molecule has 3 aliphatic heterocycles. The van der Waals surface area contributed by atoms with Crippen LogP contribution in [-0.4, -0.2) is 79.6 Å². The summed E-state index contributed by atoms with van der Waals surface area (Å²) in [6.07, 6.45) is 3.10. The second kappa shape index (κ2) is 7.99. The number of carbonyl (C=O) groups excluding carboxylic acids is 2. The molecule has 27 heavy (non-hydrogen) atoms. The van der Waals surface area contributed by atoms with Crippen molar-refractivity contribution in [2.45, 2.75) is 31.8 Å². The topological polar surface area (TPSA) is 59.1 Å². The predicted octanol–water partition coefficient (Wildman–Crippen LogP) is 2.29. The molecule has 3 saturated heterocycles. The summed E-state index contributed by atoms with van der Waals surface area (Å²) in [4.78, 5) is 30.1. The molecule has 0 bridgehead atoms. The molecule has 7 heteroatoms. The van der Waals surface area contributed by atoms with Gasteiger partial charge in [0.05, 0.1) is 35.1 Å².